The Morgan fingerprint density at radius 3 is 2.83 bits per heavy atom. The topological polar surface area (TPSA) is 117 Å². The fourth-order valence-corrected chi connectivity index (χ4v) is 4.51. The molecule has 35 heavy (non-hydrogen) atoms. The molecule has 1 fully saturated rings. The van der Waals surface area contributed by atoms with Gasteiger partial charge in [-0.3, -0.25) is 4.98 Å². The third kappa shape index (κ3) is 4.50. The predicted molar refractivity (Wildman–Crippen MR) is 124 cm³/mol. The molecule has 4 aromatic heterocycles. The van der Waals surface area contributed by atoms with Crippen LogP contribution in [0.25, 0.3) is 16.8 Å². The van der Waals surface area contributed by atoms with E-state index in [1.54, 1.807) is 21.7 Å². The van der Waals surface area contributed by atoms with Crippen molar-refractivity contribution < 1.29 is 14.2 Å². The van der Waals surface area contributed by atoms with Crippen molar-refractivity contribution in [3.63, 3.8) is 0 Å². The van der Waals surface area contributed by atoms with Crippen molar-refractivity contribution in [2.75, 3.05) is 19.7 Å². The summed E-state index contributed by atoms with van der Waals surface area (Å²) in [5.41, 5.74) is 3.12. The standard InChI is InChI=1S/C23H22ClFN8O2/c1-14-22(29-30-33(14)17-4-6-31(13-26)7-5-17)15-8-21(23-18(24)10-28-32(23)11-15)35-12-20(34)19-3-2-16(25)9-27-19/h2-3,8-11,17,20,34H,4-7,12H2,1H3. The molecule has 0 saturated carbocycles. The van der Waals surface area contributed by atoms with Crippen LogP contribution in [0.5, 0.6) is 5.75 Å². The van der Waals surface area contributed by atoms with Gasteiger partial charge in [-0.2, -0.15) is 10.4 Å². The van der Waals surface area contributed by atoms with Gasteiger partial charge >= 0.3 is 0 Å². The van der Waals surface area contributed by atoms with Crippen molar-refractivity contribution in [1.29, 1.82) is 5.26 Å². The zero-order chi connectivity index (χ0) is 24.5. The number of pyridine rings is 2. The number of ether oxygens (including phenoxy) is 1. The number of nitrogens with zero attached hydrogens (tertiary/aromatic N) is 8. The molecule has 1 atom stereocenters. The van der Waals surface area contributed by atoms with E-state index in [-0.39, 0.29) is 12.6 Å². The molecule has 4 aromatic rings. The number of aromatic nitrogens is 6. The number of piperidine rings is 1. The molecule has 10 nitrogen and oxygen atoms in total. The van der Waals surface area contributed by atoms with Gasteiger partial charge < -0.3 is 14.7 Å². The summed E-state index contributed by atoms with van der Waals surface area (Å²) in [6, 6.07) is 4.59. The minimum atomic E-state index is -1.07. The van der Waals surface area contributed by atoms with Gasteiger partial charge in [0.15, 0.2) is 6.19 Å². The first-order valence-electron chi connectivity index (χ1n) is 11.1. The van der Waals surface area contributed by atoms with Crippen molar-refractivity contribution in [1.82, 2.24) is 34.5 Å². The van der Waals surface area contributed by atoms with Crippen molar-refractivity contribution >= 4 is 17.1 Å². The molecule has 1 aliphatic rings. The number of likely N-dealkylation sites (tertiary alicyclic amines) is 1. The maximum absolute atomic E-state index is 13.1. The molecular formula is C23H22ClFN8O2. The first-order chi connectivity index (χ1) is 16.9. The molecule has 1 N–H and O–H groups in total. The molecule has 5 rings (SSSR count). The number of rotatable bonds is 6. The number of fused-ring (bicyclic) bond motifs is 1. The minimum Gasteiger partial charge on any atom is -0.488 e. The van der Waals surface area contributed by atoms with E-state index in [2.05, 4.69) is 26.6 Å². The largest absolute Gasteiger partial charge is 0.488 e. The number of hydrogen-bond acceptors (Lipinski definition) is 8. The summed E-state index contributed by atoms with van der Waals surface area (Å²) in [6.45, 7) is 3.21. The summed E-state index contributed by atoms with van der Waals surface area (Å²) < 4.78 is 22.6. The van der Waals surface area contributed by atoms with E-state index in [4.69, 9.17) is 21.6 Å². The second kappa shape index (κ2) is 9.48. The van der Waals surface area contributed by atoms with Crippen molar-refractivity contribution in [3.8, 4) is 23.2 Å². The van der Waals surface area contributed by atoms with E-state index >= 15 is 0 Å². The van der Waals surface area contributed by atoms with E-state index in [0.717, 1.165) is 30.3 Å². The number of hydrogen-bond donors (Lipinski definition) is 1. The van der Waals surface area contributed by atoms with Crippen LogP contribution in [0.2, 0.25) is 5.02 Å². The smallest absolute Gasteiger partial charge is 0.179 e. The molecule has 5 heterocycles. The SMILES string of the molecule is Cc1c(-c2cc(OCC(O)c3ccc(F)cn3)c3c(Cl)cnn3c2)nnn1C1CCN(C#N)CC1. The second-order valence-electron chi connectivity index (χ2n) is 8.39. The molecule has 1 unspecified atom stereocenters. The third-order valence-corrected chi connectivity index (χ3v) is 6.45. The highest BCUT2D eigenvalue weighted by Gasteiger charge is 2.24. The Balaban J connectivity index is 1.43. The maximum Gasteiger partial charge on any atom is 0.179 e. The highest BCUT2D eigenvalue weighted by atomic mass is 35.5. The average Bonchev–Trinajstić information content (AvgIpc) is 3.45. The van der Waals surface area contributed by atoms with Gasteiger partial charge in [0.2, 0.25) is 0 Å². The Hall–Kier alpha value is -3.75. The van der Waals surface area contributed by atoms with E-state index in [1.165, 1.54) is 18.3 Å². The van der Waals surface area contributed by atoms with Crippen LogP contribution in [0.3, 0.4) is 0 Å². The van der Waals surface area contributed by atoms with Gasteiger partial charge in [0.05, 0.1) is 34.8 Å². The Bertz CT molecular complexity index is 1390. The molecule has 1 aliphatic heterocycles. The molecule has 0 aromatic carbocycles. The molecule has 0 aliphatic carbocycles. The number of aliphatic hydroxyl groups is 1. The van der Waals surface area contributed by atoms with Gasteiger partial charge in [0, 0.05) is 24.8 Å². The Kier molecular flexibility index (Phi) is 6.23. The molecule has 12 heteroatoms. The minimum absolute atomic E-state index is 0.123. The van der Waals surface area contributed by atoms with E-state index < -0.39 is 11.9 Å². The summed E-state index contributed by atoms with van der Waals surface area (Å²) in [5, 5.41) is 33.1. The third-order valence-electron chi connectivity index (χ3n) is 6.17. The zero-order valence-electron chi connectivity index (χ0n) is 18.8. The number of nitriles is 1. The van der Waals surface area contributed by atoms with E-state index in [0.29, 0.717) is 40.8 Å². The Morgan fingerprint density at radius 2 is 2.11 bits per heavy atom. The molecule has 180 valence electrons. The fourth-order valence-electron chi connectivity index (χ4n) is 4.29. The van der Waals surface area contributed by atoms with Gasteiger partial charge in [-0.1, -0.05) is 16.8 Å². The van der Waals surface area contributed by atoms with Crippen LogP contribution in [0.4, 0.5) is 4.39 Å². The first kappa shape index (κ1) is 23.0. The van der Waals surface area contributed by atoms with Gasteiger partial charge in [-0.05, 0) is 38.0 Å². The monoisotopic (exact) mass is 496 g/mol. The van der Waals surface area contributed by atoms with Crippen molar-refractivity contribution in [2.24, 2.45) is 0 Å². The van der Waals surface area contributed by atoms with Crippen LogP contribution >= 0.6 is 11.6 Å². The van der Waals surface area contributed by atoms with Crippen LogP contribution in [-0.4, -0.2) is 59.3 Å². The lowest BCUT2D eigenvalue weighted by molar-refractivity contribution is 0.105. The molecule has 0 bridgehead atoms. The normalized spacial score (nSPS) is 15.3. The van der Waals surface area contributed by atoms with Crippen LogP contribution < -0.4 is 4.74 Å². The van der Waals surface area contributed by atoms with Crippen LogP contribution in [-0.2, 0) is 0 Å². The maximum atomic E-state index is 13.1. The lowest BCUT2D eigenvalue weighted by Gasteiger charge is -2.28. The number of aliphatic hydroxyl groups excluding tert-OH is 1. The first-order valence-corrected chi connectivity index (χ1v) is 11.5. The van der Waals surface area contributed by atoms with Gasteiger partial charge in [0.1, 0.15) is 35.5 Å². The highest BCUT2D eigenvalue weighted by Crippen LogP contribution is 2.34. The lowest BCUT2D eigenvalue weighted by Crippen LogP contribution is -2.31. The fraction of sp³-hybridized carbons (Fsp3) is 0.348. The number of halogens is 2. The molecule has 0 spiro atoms. The second-order valence-corrected chi connectivity index (χ2v) is 8.80. The van der Waals surface area contributed by atoms with Gasteiger partial charge in [0.25, 0.3) is 0 Å². The summed E-state index contributed by atoms with van der Waals surface area (Å²) in [6.07, 6.45) is 7.11. The average molecular weight is 497 g/mol. The highest BCUT2D eigenvalue weighted by molar-refractivity contribution is 6.34. The van der Waals surface area contributed by atoms with Crippen LogP contribution in [0.15, 0.2) is 36.8 Å². The van der Waals surface area contributed by atoms with E-state index in [1.807, 2.05) is 11.6 Å². The molecular weight excluding hydrogens is 475 g/mol. The molecule has 0 radical (unpaired) electrons. The predicted octanol–water partition coefficient (Wildman–Crippen LogP) is 3.32. The van der Waals surface area contributed by atoms with Crippen LogP contribution in [0, 0.1) is 24.2 Å². The summed E-state index contributed by atoms with van der Waals surface area (Å²) in [7, 11) is 0. The summed E-state index contributed by atoms with van der Waals surface area (Å²) in [5.74, 6) is -0.0798. The van der Waals surface area contributed by atoms with E-state index in [9.17, 15) is 9.50 Å². The molecule has 1 saturated heterocycles. The van der Waals surface area contributed by atoms with Crippen molar-refractivity contribution in [2.45, 2.75) is 31.9 Å². The van der Waals surface area contributed by atoms with Gasteiger partial charge in [-0.25, -0.2) is 13.6 Å². The van der Waals surface area contributed by atoms with Crippen LogP contribution in [0.1, 0.15) is 36.4 Å². The summed E-state index contributed by atoms with van der Waals surface area (Å²) >= 11 is 6.35. The van der Waals surface area contributed by atoms with Crippen molar-refractivity contribution in [3.05, 3.63) is 59.0 Å². The molecule has 0 amide bonds. The zero-order valence-corrected chi connectivity index (χ0v) is 19.6. The Labute approximate surface area is 205 Å². The van der Waals surface area contributed by atoms with Gasteiger partial charge in [-0.15, -0.1) is 5.10 Å². The Morgan fingerprint density at radius 1 is 1.31 bits per heavy atom. The summed E-state index contributed by atoms with van der Waals surface area (Å²) in [4.78, 5) is 5.65. The lowest BCUT2D eigenvalue weighted by atomic mass is 10.0. The quantitative estimate of drug-likeness (QED) is 0.404.